The molecule has 2 N–H and O–H groups in total. The van der Waals surface area contributed by atoms with Crippen LogP contribution in [0.5, 0.6) is 11.5 Å². The van der Waals surface area contributed by atoms with E-state index in [0.29, 0.717) is 12.9 Å². The van der Waals surface area contributed by atoms with E-state index in [4.69, 9.17) is 19.9 Å². The summed E-state index contributed by atoms with van der Waals surface area (Å²) in [6.07, 6.45) is 2.69. The van der Waals surface area contributed by atoms with Crippen LogP contribution in [-0.4, -0.2) is 44.5 Å². The molecule has 5 heteroatoms. The summed E-state index contributed by atoms with van der Waals surface area (Å²) in [5.74, 6) is 1.59. The van der Waals surface area contributed by atoms with E-state index < -0.39 is 0 Å². The number of nitrogens with zero attached hydrogens (tertiary/aromatic N) is 1. The Hall–Kier alpha value is -1.30. The third-order valence-electron chi connectivity index (χ3n) is 3.87. The summed E-state index contributed by atoms with van der Waals surface area (Å²) in [5.41, 5.74) is 7.36. The van der Waals surface area contributed by atoms with Crippen LogP contribution in [0.4, 0.5) is 0 Å². The van der Waals surface area contributed by atoms with Gasteiger partial charge in [0.1, 0.15) is 0 Å². The highest BCUT2D eigenvalue weighted by molar-refractivity contribution is 5.45. The fraction of sp³-hybridized carbons (Fsp3) is 0.600. The van der Waals surface area contributed by atoms with E-state index in [9.17, 15) is 0 Å². The number of rotatable bonds is 5. The second-order valence-corrected chi connectivity index (χ2v) is 5.58. The Kier molecular flexibility index (Phi) is 4.10. The third kappa shape index (κ3) is 3.06. The van der Waals surface area contributed by atoms with Crippen LogP contribution < -0.4 is 15.2 Å². The monoisotopic (exact) mass is 278 g/mol. The van der Waals surface area contributed by atoms with Crippen molar-refractivity contribution in [2.24, 2.45) is 5.73 Å². The zero-order valence-corrected chi connectivity index (χ0v) is 11.9. The number of hydrogen-bond donors (Lipinski definition) is 1. The smallest absolute Gasteiger partial charge is 0.231 e. The van der Waals surface area contributed by atoms with Crippen molar-refractivity contribution in [3.05, 3.63) is 23.8 Å². The Bertz CT molecular complexity index is 460. The van der Waals surface area contributed by atoms with Crippen LogP contribution in [0.3, 0.4) is 0 Å². The standard InChI is InChI=1S/C15H22N2O3/c1-17(8-12-3-2-6-18-12)9-13(16)11-4-5-14-15(7-11)20-10-19-14/h4-5,7,12-13H,2-3,6,8-10,16H2,1H3. The first-order chi connectivity index (χ1) is 9.72. The molecule has 2 aliphatic rings. The van der Waals surface area contributed by atoms with Gasteiger partial charge in [-0.25, -0.2) is 0 Å². The van der Waals surface area contributed by atoms with Crippen LogP contribution in [0, 0.1) is 0 Å². The van der Waals surface area contributed by atoms with E-state index in [1.807, 2.05) is 18.2 Å². The van der Waals surface area contributed by atoms with Crippen molar-refractivity contribution in [2.45, 2.75) is 25.0 Å². The lowest BCUT2D eigenvalue weighted by Crippen LogP contribution is -2.34. The normalized spacial score (nSPS) is 22.4. The van der Waals surface area contributed by atoms with Crippen molar-refractivity contribution in [1.29, 1.82) is 0 Å². The number of hydrogen-bond acceptors (Lipinski definition) is 5. The Balaban J connectivity index is 1.56. The molecule has 0 aliphatic carbocycles. The molecule has 110 valence electrons. The van der Waals surface area contributed by atoms with Gasteiger partial charge in [0.2, 0.25) is 6.79 Å². The molecule has 0 radical (unpaired) electrons. The van der Waals surface area contributed by atoms with Crippen molar-refractivity contribution < 1.29 is 14.2 Å². The molecule has 1 aromatic carbocycles. The van der Waals surface area contributed by atoms with Crippen molar-refractivity contribution in [3.8, 4) is 11.5 Å². The molecule has 0 amide bonds. The van der Waals surface area contributed by atoms with Gasteiger partial charge in [-0.3, -0.25) is 0 Å². The molecule has 0 saturated carbocycles. The lowest BCUT2D eigenvalue weighted by atomic mass is 10.1. The molecule has 2 aliphatic heterocycles. The summed E-state index contributed by atoms with van der Waals surface area (Å²) in [7, 11) is 2.09. The van der Waals surface area contributed by atoms with Crippen LogP contribution in [0.25, 0.3) is 0 Å². The zero-order chi connectivity index (χ0) is 13.9. The zero-order valence-electron chi connectivity index (χ0n) is 11.9. The Morgan fingerprint density at radius 3 is 3.00 bits per heavy atom. The minimum Gasteiger partial charge on any atom is -0.454 e. The number of likely N-dealkylation sites (N-methyl/N-ethyl adjacent to an activating group) is 1. The second-order valence-electron chi connectivity index (χ2n) is 5.58. The van der Waals surface area contributed by atoms with E-state index in [1.54, 1.807) is 0 Å². The summed E-state index contributed by atoms with van der Waals surface area (Å²) in [6.45, 7) is 2.94. The van der Waals surface area contributed by atoms with E-state index in [2.05, 4.69) is 11.9 Å². The third-order valence-corrected chi connectivity index (χ3v) is 3.87. The predicted molar refractivity (Wildman–Crippen MR) is 76.0 cm³/mol. The molecule has 0 spiro atoms. The van der Waals surface area contributed by atoms with Gasteiger partial charge in [0, 0.05) is 25.7 Å². The molecule has 1 aromatic rings. The minimum atomic E-state index is -0.0316. The molecule has 20 heavy (non-hydrogen) atoms. The second kappa shape index (κ2) is 5.99. The molecular formula is C15H22N2O3. The highest BCUT2D eigenvalue weighted by Gasteiger charge is 2.20. The molecule has 2 unspecified atom stereocenters. The maximum Gasteiger partial charge on any atom is 0.231 e. The number of benzene rings is 1. The molecule has 0 aromatic heterocycles. The van der Waals surface area contributed by atoms with Crippen molar-refractivity contribution in [2.75, 3.05) is 33.5 Å². The lowest BCUT2D eigenvalue weighted by molar-refractivity contribution is 0.0796. The van der Waals surface area contributed by atoms with Gasteiger partial charge < -0.3 is 24.8 Å². The first-order valence-electron chi connectivity index (χ1n) is 7.17. The van der Waals surface area contributed by atoms with Crippen LogP contribution in [0.1, 0.15) is 24.4 Å². The summed E-state index contributed by atoms with van der Waals surface area (Å²) in [4.78, 5) is 2.24. The van der Waals surface area contributed by atoms with Crippen LogP contribution in [-0.2, 0) is 4.74 Å². The van der Waals surface area contributed by atoms with Gasteiger partial charge in [-0.1, -0.05) is 6.07 Å². The van der Waals surface area contributed by atoms with Gasteiger partial charge in [0.05, 0.1) is 6.10 Å². The maximum atomic E-state index is 6.29. The molecule has 5 nitrogen and oxygen atoms in total. The molecule has 2 heterocycles. The summed E-state index contributed by atoms with van der Waals surface area (Å²) < 4.78 is 16.4. The van der Waals surface area contributed by atoms with E-state index >= 15 is 0 Å². The van der Waals surface area contributed by atoms with E-state index in [1.165, 1.54) is 6.42 Å². The van der Waals surface area contributed by atoms with Gasteiger partial charge >= 0.3 is 0 Å². The van der Waals surface area contributed by atoms with Gasteiger partial charge in [-0.05, 0) is 37.6 Å². The van der Waals surface area contributed by atoms with E-state index in [0.717, 1.165) is 43.2 Å². The van der Waals surface area contributed by atoms with Crippen molar-refractivity contribution in [3.63, 3.8) is 0 Å². The largest absolute Gasteiger partial charge is 0.454 e. The molecule has 2 atom stereocenters. The van der Waals surface area contributed by atoms with Gasteiger partial charge in [-0.2, -0.15) is 0 Å². The average Bonchev–Trinajstić information content (AvgIpc) is 3.07. The van der Waals surface area contributed by atoms with Gasteiger partial charge in [-0.15, -0.1) is 0 Å². The first kappa shape index (κ1) is 13.7. The average molecular weight is 278 g/mol. The van der Waals surface area contributed by atoms with Crippen LogP contribution in [0.15, 0.2) is 18.2 Å². The maximum absolute atomic E-state index is 6.29. The molecule has 0 bridgehead atoms. The lowest BCUT2D eigenvalue weighted by Gasteiger charge is -2.24. The SMILES string of the molecule is CN(CC1CCCO1)CC(N)c1ccc2c(c1)OCO2. The number of ether oxygens (including phenoxy) is 3. The quantitative estimate of drug-likeness (QED) is 0.885. The summed E-state index contributed by atoms with van der Waals surface area (Å²) in [5, 5.41) is 0. The topological polar surface area (TPSA) is 57.0 Å². The molecular weight excluding hydrogens is 256 g/mol. The Labute approximate surface area is 119 Å². The fourth-order valence-electron chi connectivity index (χ4n) is 2.80. The molecule has 1 fully saturated rings. The van der Waals surface area contributed by atoms with Crippen molar-refractivity contribution in [1.82, 2.24) is 4.90 Å². The highest BCUT2D eigenvalue weighted by Crippen LogP contribution is 2.33. The summed E-state index contributed by atoms with van der Waals surface area (Å²) >= 11 is 0. The molecule has 1 saturated heterocycles. The van der Waals surface area contributed by atoms with Crippen LogP contribution >= 0.6 is 0 Å². The number of fused-ring (bicyclic) bond motifs is 1. The summed E-state index contributed by atoms with van der Waals surface area (Å²) in [6, 6.07) is 5.89. The van der Waals surface area contributed by atoms with Gasteiger partial charge in [0.15, 0.2) is 11.5 Å². The number of nitrogens with two attached hydrogens (primary N) is 1. The van der Waals surface area contributed by atoms with Gasteiger partial charge in [0.25, 0.3) is 0 Å². The van der Waals surface area contributed by atoms with Crippen molar-refractivity contribution >= 4 is 0 Å². The fourth-order valence-corrected chi connectivity index (χ4v) is 2.80. The highest BCUT2D eigenvalue weighted by atomic mass is 16.7. The molecule has 3 rings (SSSR count). The predicted octanol–water partition coefficient (Wildman–Crippen LogP) is 1.53. The Morgan fingerprint density at radius 2 is 2.20 bits per heavy atom. The first-order valence-corrected chi connectivity index (χ1v) is 7.17. The van der Waals surface area contributed by atoms with E-state index in [-0.39, 0.29) is 6.04 Å². The minimum absolute atomic E-state index is 0.0316. The Morgan fingerprint density at radius 1 is 1.35 bits per heavy atom. The van der Waals surface area contributed by atoms with Crippen LogP contribution in [0.2, 0.25) is 0 Å².